The van der Waals surface area contributed by atoms with Crippen LogP contribution in [0, 0.1) is 0 Å². The molecule has 23 heavy (non-hydrogen) atoms. The number of carbonyl (C=O) groups excluding carboxylic acids is 1. The lowest BCUT2D eigenvalue weighted by molar-refractivity contribution is -0.134. The summed E-state index contributed by atoms with van der Waals surface area (Å²) in [5.41, 5.74) is -0.175. The van der Waals surface area contributed by atoms with Crippen LogP contribution < -0.4 is 0 Å². The number of hydrogen-bond donors (Lipinski definition) is 6. The fourth-order valence-electron chi connectivity index (χ4n) is 1.91. The maximum Gasteiger partial charge on any atom is 0.342 e. The highest BCUT2D eigenvalue weighted by atomic mass is 16.5. The predicted octanol–water partition coefficient (Wildman–Crippen LogP) is -1.44. The van der Waals surface area contributed by atoms with Crippen molar-refractivity contribution in [3.63, 3.8) is 0 Å². The molecule has 0 aliphatic rings. The molecule has 8 heteroatoms. The van der Waals surface area contributed by atoms with Crippen LogP contribution in [-0.4, -0.2) is 74.7 Å². The number of ether oxygens (including phenoxy) is 1. The highest BCUT2D eigenvalue weighted by Crippen LogP contribution is 2.23. The van der Waals surface area contributed by atoms with E-state index in [1.807, 2.05) is 0 Å². The molecule has 4 atom stereocenters. The van der Waals surface area contributed by atoms with Gasteiger partial charge in [0.25, 0.3) is 0 Å². The molecule has 0 spiro atoms. The van der Waals surface area contributed by atoms with Gasteiger partial charge in [-0.15, -0.1) is 0 Å². The van der Waals surface area contributed by atoms with Crippen LogP contribution in [0.5, 0.6) is 0 Å². The summed E-state index contributed by atoms with van der Waals surface area (Å²) in [5.74, 6) is -1.89. The molecule has 0 aromatic heterocycles. The first-order valence-electron chi connectivity index (χ1n) is 6.75. The maximum atomic E-state index is 11.9. The van der Waals surface area contributed by atoms with Gasteiger partial charge in [0, 0.05) is 0 Å². The second-order valence-electron chi connectivity index (χ2n) is 4.79. The summed E-state index contributed by atoms with van der Waals surface area (Å²) in [7, 11) is 1.08. The number of aliphatic hydroxyl groups excluding tert-OH is 6. The van der Waals surface area contributed by atoms with Gasteiger partial charge in [-0.2, -0.15) is 0 Å². The lowest BCUT2D eigenvalue weighted by Crippen LogP contribution is -2.46. The third-order valence-corrected chi connectivity index (χ3v) is 3.24. The van der Waals surface area contributed by atoms with Crippen molar-refractivity contribution in [2.24, 2.45) is 0 Å². The Bertz CT molecular complexity index is 542. The number of esters is 1. The normalized spacial score (nSPS) is 17.7. The zero-order chi connectivity index (χ0) is 17.6. The zero-order valence-electron chi connectivity index (χ0n) is 12.4. The summed E-state index contributed by atoms with van der Waals surface area (Å²) in [6.45, 7) is -0.863. The van der Waals surface area contributed by atoms with E-state index in [1.54, 1.807) is 18.2 Å². The van der Waals surface area contributed by atoms with Gasteiger partial charge >= 0.3 is 5.97 Å². The average Bonchev–Trinajstić information content (AvgIpc) is 2.59. The molecule has 0 radical (unpaired) electrons. The van der Waals surface area contributed by atoms with Gasteiger partial charge in [0.05, 0.1) is 13.7 Å². The molecule has 0 amide bonds. The molecule has 1 rings (SSSR count). The summed E-state index contributed by atoms with van der Waals surface area (Å²) in [6, 6.07) is 7.78. The van der Waals surface area contributed by atoms with E-state index in [2.05, 4.69) is 4.74 Å². The monoisotopic (exact) mass is 328 g/mol. The van der Waals surface area contributed by atoms with Crippen molar-refractivity contribution < 1.29 is 40.2 Å². The summed E-state index contributed by atoms with van der Waals surface area (Å²) in [5, 5.41) is 57.5. The summed E-state index contributed by atoms with van der Waals surface area (Å²) in [4.78, 5) is 11.9. The van der Waals surface area contributed by atoms with E-state index in [1.165, 1.54) is 12.1 Å². The Hall–Kier alpha value is -1.97. The fourth-order valence-corrected chi connectivity index (χ4v) is 1.91. The van der Waals surface area contributed by atoms with Crippen LogP contribution in [0.2, 0.25) is 0 Å². The fraction of sp³-hybridized carbons (Fsp3) is 0.400. The first-order chi connectivity index (χ1) is 10.8. The average molecular weight is 328 g/mol. The minimum Gasteiger partial charge on any atom is -0.509 e. The Morgan fingerprint density at radius 1 is 1.09 bits per heavy atom. The Morgan fingerprint density at radius 2 is 1.65 bits per heavy atom. The maximum absolute atomic E-state index is 11.9. The number of rotatable bonds is 7. The van der Waals surface area contributed by atoms with Gasteiger partial charge < -0.3 is 35.4 Å². The quantitative estimate of drug-likeness (QED) is 0.203. The molecule has 6 N–H and O–H groups in total. The van der Waals surface area contributed by atoms with Gasteiger partial charge in [0.2, 0.25) is 0 Å². The molecule has 8 nitrogen and oxygen atoms in total. The summed E-state index contributed by atoms with van der Waals surface area (Å²) in [6.07, 6.45) is -7.79. The molecule has 0 aliphatic heterocycles. The standard InChI is InChI=1S/C15H20O8/c1-23-15(22)10(8-5-3-2-4-6-8)12(19)14(21)13(20)11(18)9(17)7-16/h2-6,9,11,13-14,16-21H,7H2,1H3/t9-,11-,13+,14+/m1/s1. The van der Waals surface area contributed by atoms with Crippen molar-refractivity contribution >= 4 is 11.5 Å². The van der Waals surface area contributed by atoms with E-state index in [4.69, 9.17) is 5.11 Å². The first-order valence-corrected chi connectivity index (χ1v) is 6.75. The van der Waals surface area contributed by atoms with Crippen LogP contribution in [0.15, 0.2) is 36.1 Å². The van der Waals surface area contributed by atoms with Crippen LogP contribution in [0.25, 0.3) is 5.57 Å². The zero-order valence-corrected chi connectivity index (χ0v) is 12.4. The largest absolute Gasteiger partial charge is 0.509 e. The molecule has 0 fully saturated rings. The highest BCUT2D eigenvalue weighted by Gasteiger charge is 2.35. The Morgan fingerprint density at radius 3 is 2.13 bits per heavy atom. The lowest BCUT2D eigenvalue weighted by Gasteiger charge is -2.26. The Balaban J connectivity index is 3.22. The number of aliphatic hydroxyl groups is 6. The number of benzene rings is 1. The van der Waals surface area contributed by atoms with Crippen LogP contribution in [0.4, 0.5) is 0 Å². The van der Waals surface area contributed by atoms with Gasteiger partial charge in [-0.1, -0.05) is 30.3 Å². The van der Waals surface area contributed by atoms with Crippen LogP contribution >= 0.6 is 0 Å². The molecule has 128 valence electrons. The molecule has 1 aromatic carbocycles. The van der Waals surface area contributed by atoms with Crippen molar-refractivity contribution in [1.82, 2.24) is 0 Å². The third kappa shape index (κ3) is 4.50. The van der Waals surface area contributed by atoms with Gasteiger partial charge in [-0.3, -0.25) is 0 Å². The second kappa shape index (κ2) is 8.61. The summed E-state index contributed by atoms with van der Waals surface area (Å²) < 4.78 is 4.55. The van der Waals surface area contributed by atoms with Crippen LogP contribution in [0.1, 0.15) is 5.56 Å². The molecule has 0 saturated carbocycles. The minimum absolute atomic E-state index is 0.222. The highest BCUT2D eigenvalue weighted by molar-refractivity contribution is 6.17. The van der Waals surface area contributed by atoms with E-state index in [9.17, 15) is 30.3 Å². The predicted molar refractivity (Wildman–Crippen MR) is 79.1 cm³/mol. The molecule has 0 aliphatic carbocycles. The third-order valence-electron chi connectivity index (χ3n) is 3.24. The minimum atomic E-state index is -2.08. The molecular weight excluding hydrogens is 308 g/mol. The number of hydrogen-bond acceptors (Lipinski definition) is 8. The lowest BCUT2D eigenvalue weighted by atomic mass is 9.96. The van der Waals surface area contributed by atoms with Gasteiger partial charge in [-0.05, 0) is 5.56 Å². The van der Waals surface area contributed by atoms with Gasteiger partial charge in [0.15, 0.2) is 0 Å². The van der Waals surface area contributed by atoms with Gasteiger partial charge in [-0.25, -0.2) is 4.79 Å². The van der Waals surface area contributed by atoms with E-state index in [-0.39, 0.29) is 5.56 Å². The molecule has 0 saturated heterocycles. The number of methoxy groups -OCH3 is 1. The van der Waals surface area contributed by atoms with Crippen molar-refractivity contribution in [2.75, 3.05) is 13.7 Å². The molecule has 0 unspecified atom stereocenters. The number of carbonyl (C=O) groups is 1. The molecular formula is C15H20O8. The van der Waals surface area contributed by atoms with Crippen molar-refractivity contribution in [3.05, 3.63) is 41.7 Å². The molecule has 0 bridgehead atoms. The van der Waals surface area contributed by atoms with E-state index in [0.29, 0.717) is 0 Å². The Kier molecular flexibility index (Phi) is 7.14. The Labute approximate surface area is 132 Å². The van der Waals surface area contributed by atoms with Crippen molar-refractivity contribution in [1.29, 1.82) is 0 Å². The van der Waals surface area contributed by atoms with Crippen molar-refractivity contribution in [3.8, 4) is 0 Å². The summed E-state index contributed by atoms with van der Waals surface area (Å²) >= 11 is 0. The molecule has 1 aromatic rings. The smallest absolute Gasteiger partial charge is 0.342 e. The van der Waals surface area contributed by atoms with Crippen LogP contribution in [0.3, 0.4) is 0 Å². The van der Waals surface area contributed by atoms with E-state index in [0.717, 1.165) is 7.11 Å². The topological polar surface area (TPSA) is 148 Å². The first kappa shape index (κ1) is 19.1. The SMILES string of the molecule is COC(=O)C(=C(O)[C@H](O)[C@@H](O)[C@H](O)[C@H](O)CO)c1ccccc1. The van der Waals surface area contributed by atoms with E-state index < -0.39 is 48.3 Å². The van der Waals surface area contributed by atoms with Gasteiger partial charge in [0.1, 0.15) is 35.7 Å². The van der Waals surface area contributed by atoms with Crippen molar-refractivity contribution in [2.45, 2.75) is 24.4 Å². The van der Waals surface area contributed by atoms with E-state index >= 15 is 0 Å². The van der Waals surface area contributed by atoms with Crippen LogP contribution in [-0.2, 0) is 9.53 Å². The second-order valence-corrected chi connectivity index (χ2v) is 4.79. The molecule has 0 heterocycles.